The first-order valence-corrected chi connectivity index (χ1v) is 5.98. The van der Waals surface area contributed by atoms with Crippen molar-refractivity contribution in [1.29, 1.82) is 0 Å². The van der Waals surface area contributed by atoms with Crippen LogP contribution in [-0.4, -0.2) is 55.9 Å². The van der Waals surface area contributed by atoms with Crippen LogP contribution in [0.5, 0.6) is 0 Å². The Bertz CT molecular complexity index is 302. The van der Waals surface area contributed by atoms with Crippen LogP contribution in [0.15, 0.2) is 0 Å². The van der Waals surface area contributed by atoms with E-state index in [1.165, 1.54) is 4.90 Å². The van der Waals surface area contributed by atoms with Crippen molar-refractivity contribution in [2.75, 3.05) is 26.7 Å². The van der Waals surface area contributed by atoms with E-state index in [-0.39, 0.29) is 24.2 Å². The highest BCUT2D eigenvalue weighted by molar-refractivity contribution is 5.80. The van der Waals surface area contributed by atoms with Crippen LogP contribution in [0, 0.1) is 0 Å². The van der Waals surface area contributed by atoms with Gasteiger partial charge in [-0.3, -0.25) is 4.79 Å². The third-order valence-electron chi connectivity index (χ3n) is 3.04. The first-order chi connectivity index (χ1) is 8.16. The minimum atomic E-state index is -0.291. The maximum atomic E-state index is 11.6. The van der Waals surface area contributed by atoms with Gasteiger partial charge in [-0.15, -0.1) is 0 Å². The highest BCUT2D eigenvalue weighted by Crippen LogP contribution is 2.13. The molecule has 0 aromatic rings. The minimum Gasteiger partial charge on any atom is -0.444 e. The van der Waals surface area contributed by atoms with Gasteiger partial charge in [0.25, 0.3) is 0 Å². The molecule has 0 saturated carbocycles. The summed E-state index contributed by atoms with van der Waals surface area (Å²) in [6, 6.07) is 0. The number of amides is 2. The number of nitrogens with zero attached hydrogens (tertiary/aromatic N) is 1. The molecule has 2 amide bonds. The molecule has 0 radical (unpaired) electrons. The molecule has 2 heterocycles. The van der Waals surface area contributed by atoms with Crippen LogP contribution in [-0.2, 0) is 14.3 Å². The molecule has 0 bridgehead atoms. The molecule has 0 aromatic heterocycles. The highest BCUT2D eigenvalue weighted by Gasteiger charge is 2.28. The van der Waals surface area contributed by atoms with Gasteiger partial charge in [0.05, 0.1) is 6.54 Å². The number of ether oxygens (including phenoxy) is 2. The second kappa shape index (κ2) is 5.35. The third kappa shape index (κ3) is 3.09. The van der Waals surface area contributed by atoms with Crippen molar-refractivity contribution >= 4 is 12.0 Å². The zero-order chi connectivity index (χ0) is 12.3. The first-order valence-electron chi connectivity index (χ1n) is 5.98. The van der Waals surface area contributed by atoms with Gasteiger partial charge in [0.2, 0.25) is 5.91 Å². The minimum absolute atomic E-state index is 0.0554. The quantitative estimate of drug-likeness (QED) is 0.760. The maximum Gasteiger partial charge on any atom is 0.409 e. The van der Waals surface area contributed by atoms with Crippen LogP contribution in [0.2, 0.25) is 0 Å². The van der Waals surface area contributed by atoms with Gasteiger partial charge in [0.15, 0.2) is 0 Å². The van der Waals surface area contributed by atoms with Gasteiger partial charge in [-0.05, 0) is 12.8 Å². The van der Waals surface area contributed by atoms with E-state index in [9.17, 15) is 9.59 Å². The average Bonchev–Trinajstić information content (AvgIpc) is 2.90. The molecule has 17 heavy (non-hydrogen) atoms. The Hall–Kier alpha value is -1.30. The summed E-state index contributed by atoms with van der Waals surface area (Å²) in [6.45, 7) is 1.78. The van der Waals surface area contributed by atoms with E-state index >= 15 is 0 Å². The largest absolute Gasteiger partial charge is 0.444 e. The monoisotopic (exact) mass is 242 g/mol. The molecule has 6 nitrogen and oxygen atoms in total. The van der Waals surface area contributed by atoms with E-state index in [2.05, 4.69) is 5.32 Å². The molecule has 2 aliphatic rings. The maximum absolute atomic E-state index is 11.6. The van der Waals surface area contributed by atoms with Gasteiger partial charge < -0.3 is 19.7 Å². The Morgan fingerprint density at radius 1 is 1.59 bits per heavy atom. The molecule has 96 valence electrons. The van der Waals surface area contributed by atoms with Crippen LogP contribution in [0.1, 0.15) is 19.3 Å². The summed E-state index contributed by atoms with van der Waals surface area (Å²) in [7, 11) is 1.70. The van der Waals surface area contributed by atoms with E-state index in [4.69, 9.17) is 9.47 Å². The summed E-state index contributed by atoms with van der Waals surface area (Å²) in [6.07, 6.45) is 1.70. The van der Waals surface area contributed by atoms with Crippen LogP contribution < -0.4 is 5.32 Å². The van der Waals surface area contributed by atoms with Crippen LogP contribution in [0.4, 0.5) is 4.79 Å². The lowest BCUT2D eigenvalue weighted by molar-refractivity contribution is -0.130. The average molecular weight is 242 g/mol. The van der Waals surface area contributed by atoms with Crippen molar-refractivity contribution in [1.82, 2.24) is 10.2 Å². The number of hydrogen-bond acceptors (Lipinski definition) is 4. The lowest BCUT2D eigenvalue weighted by atomic mass is 10.2. The molecule has 1 N–H and O–H groups in total. The first kappa shape index (κ1) is 12.2. The van der Waals surface area contributed by atoms with E-state index in [1.807, 2.05) is 0 Å². The molecule has 2 saturated heterocycles. The Morgan fingerprint density at radius 3 is 3.00 bits per heavy atom. The van der Waals surface area contributed by atoms with Gasteiger partial charge in [-0.2, -0.15) is 0 Å². The lowest BCUT2D eigenvalue weighted by Gasteiger charge is -2.12. The molecule has 0 spiro atoms. The van der Waals surface area contributed by atoms with Crippen LogP contribution >= 0.6 is 0 Å². The number of rotatable bonds is 4. The fourth-order valence-corrected chi connectivity index (χ4v) is 2.05. The molecule has 6 heteroatoms. The number of nitrogens with one attached hydrogen (secondary N) is 1. The lowest BCUT2D eigenvalue weighted by Crippen LogP contribution is -2.36. The summed E-state index contributed by atoms with van der Waals surface area (Å²) in [5.41, 5.74) is 0. The summed E-state index contributed by atoms with van der Waals surface area (Å²) in [4.78, 5) is 24.2. The molecular weight excluding hydrogens is 224 g/mol. The number of carbonyl (C=O) groups is 2. The second-order valence-electron chi connectivity index (χ2n) is 4.47. The zero-order valence-corrected chi connectivity index (χ0v) is 9.98. The Labute approximate surface area is 100 Å². The topological polar surface area (TPSA) is 67.9 Å². The third-order valence-corrected chi connectivity index (χ3v) is 3.04. The van der Waals surface area contributed by atoms with Crippen molar-refractivity contribution in [3.05, 3.63) is 0 Å². The molecular formula is C11H18N2O4. The van der Waals surface area contributed by atoms with E-state index in [1.54, 1.807) is 7.05 Å². The van der Waals surface area contributed by atoms with Crippen molar-refractivity contribution in [3.8, 4) is 0 Å². The second-order valence-corrected chi connectivity index (χ2v) is 4.47. The molecule has 0 aromatic carbocycles. The van der Waals surface area contributed by atoms with Gasteiger partial charge in [0.1, 0.15) is 12.2 Å². The Morgan fingerprint density at radius 2 is 2.41 bits per heavy atom. The Balaban J connectivity index is 1.63. The van der Waals surface area contributed by atoms with Crippen LogP contribution in [0.25, 0.3) is 0 Å². The molecule has 2 aliphatic heterocycles. The van der Waals surface area contributed by atoms with Crippen molar-refractivity contribution < 1.29 is 19.1 Å². The molecule has 2 rings (SSSR count). The predicted molar refractivity (Wildman–Crippen MR) is 59.5 cm³/mol. The normalized spacial score (nSPS) is 28.3. The Kier molecular flexibility index (Phi) is 3.83. The van der Waals surface area contributed by atoms with Gasteiger partial charge in [-0.1, -0.05) is 0 Å². The SMILES string of the molecule is CN1CC(CCNC(=O)C2CCCO2)OC1=O. The van der Waals surface area contributed by atoms with Crippen molar-refractivity contribution in [2.24, 2.45) is 0 Å². The number of carbonyl (C=O) groups excluding carboxylic acids is 2. The van der Waals surface area contributed by atoms with Crippen molar-refractivity contribution in [3.63, 3.8) is 0 Å². The van der Waals surface area contributed by atoms with Gasteiger partial charge in [-0.25, -0.2) is 4.79 Å². The van der Waals surface area contributed by atoms with Crippen LogP contribution in [0.3, 0.4) is 0 Å². The van der Waals surface area contributed by atoms with Gasteiger partial charge in [0, 0.05) is 26.6 Å². The van der Waals surface area contributed by atoms with Gasteiger partial charge >= 0.3 is 6.09 Å². The summed E-state index contributed by atoms with van der Waals surface area (Å²) < 4.78 is 10.4. The fraction of sp³-hybridized carbons (Fsp3) is 0.818. The number of likely N-dealkylation sites (N-methyl/N-ethyl adjacent to an activating group) is 1. The molecule has 0 aliphatic carbocycles. The smallest absolute Gasteiger partial charge is 0.409 e. The molecule has 2 unspecified atom stereocenters. The molecule has 2 atom stereocenters. The predicted octanol–water partition coefficient (Wildman–Crippen LogP) is 0.122. The van der Waals surface area contributed by atoms with E-state index < -0.39 is 0 Å². The van der Waals surface area contributed by atoms with E-state index in [0.29, 0.717) is 26.1 Å². The summed E-state index contributed by atoms with van der Waals surface area (Å²) in [5.74, 6) is -0.0554. The standard InChI is InChI=1S/C11H18N2O4/c1-13-7-8(17-11(13)15)4-5-12-10(14)9-3-2-6-16-9/h8-9H,2-7H2,1H3,(H,12,14). The van der Waals surface area contributed by atoms with E-state index in [0.717, 1.165) is 12.8 Å². The fourth-order valence-electron chi connectivity index (χ4n) is 2.05. The zero-order valence-electron chi connectivity index (χ0n) is 9.98. The number of cyclic esters (lactones) is 1. The molecule has 2 fully saturated rings. The number of hydrogen-bond donors (Lipinski definition) is 1. The van der Waals surface area contributed by atoms with Crippen molar-refractivity contribution in [2.45, 2.75) is 31.5 Å². The summed E-state index contributed by atoms with van der Waals surface area (Å²) >= 11 is 0. The highest BCUT2D eigenvalue weighted by atomic mass is 16.6. The summed E-state index contributed by atoms with van der Waals surface area (Å²) in [5, 5.41) is 2.81.